The van der Waals surface area contributed by atoms with Crippen LogP contribution >= 0.6 is 11.6 Å². The Morgan fingerprint density at radius 1 is 1.56 bits per heavy atom. The number of anilines is 1. The van der Waals surface area contributed by atoms with Crippen molar-refractivity contribution in [3.63, 3.8) is 0 Å². The number of hydrogen-bond donors (Lipinski definition) is 3. The van der Waals surface area contributed by atoms with Crippen LogP contribution in [-0.2, 0) is 0 Å². The summed E-state index contributed by atoms with van der Waals surface area (Å²) in [6.45, 7) is 0.00491. The SMILES string of the molecule is O=C(O)c1ccc([N+](=O)[O-])cc1NCC(O)CCl. The zero-order chi connectivity index (χ0) is 13.7. The maximum Gasteiger partial charge on any atom is 0.337 e. The van der Waals surface area contributed by atoms with Gasteiger partial charge >= 0.3 is 5.97 Å². The molecule has 0 spiro atoms. The Hall–Kier alpha value is -1.86. The number of non-ortho nitro benzene ring substituents is 1. The molecule has 7 nitrogen and oxygen atoms in total. The molecule has 18 heavy (non-hydrogen) atoms. The number of halogens is 1. The summed E-state index contributed by atoms with van der Waals surface area (Å²) in [4.78, 5) is 20.9. The molecule has 0 fully saturated rings. The van der Waals surface area contributed by atoms with E-state index in [1.165, 1.54) is 0 Å². The van der Waals surface area contributed by atoms with Crippen molar-refractivity contribution in [1.29, 1.82) is 0 Å². The minimum atomic E-state index is -1.22. The van der Waals surface area contributed by atoms with Gasteiger partial charge in [-0.2, -0.15) is 0 Å². The van der Waals surface area contributed by atoms with Crippen molar-refractivity contribution >= 4 is 28.9 Å². The van der Waals surface area contributed by atoms with Crippen molar-refractivity contribution in [3.8, 4) is 0 Å². The van der Waals surface area contributed by atoms with Crippen molar-refractivity contribution in [2.75, 3.05) is 17.7 Å². The summed E-state index contributed by atoms with van der Waals surface area (Å²) in [5.41, 5.74) is -0.272. The molecule has 8 heteroatoms. The number of nitrogens with zero attached hydrogens (tertiary/aromatic N) is 1. The highest BCUT2D eigenvalue weighted by Crippen LogP contribution is 2.22. The molecular weight excluding hydrogens is 264 g/mol. The second-order valence-electron chi connectivity index (χ2n) is 3.48. The standard InChI is InChI=1S/C10H11ClN2O5/c11-4-7(14)5-12-9-3-6(13(17)18)1-2-8(9)10(15)16/h1-3,7,12,14H,4-5H2,(H,15,16). The maximum atomic E-state index is 10.9. The summed E-state index contributed by atoms with van der Waals surface area (Å²) in [6, 6.07) is 3.34. The minimum Gasteiger partial charge on any atom is -0.478 e. The number of rotatable bonds is 6. The van der Waals surface area contributed by atoms with Gasteiger partial charge in [0.05, 0.1) is 28.2 Å². The van der Waals surface area contributed by atoms with E-state index in [1.54, 1.807) is 0 Å². The molecule has 0 amide bonds. The van der Waals surface area contributed by atoms with Crippen molar-refractivity contribution in [2.45, 2.75) is 6.10 Å². The molecular formula is C10H11ClN2O5. The molecule has 3 N–H and O–H groups in total. The number of aliphatic hydroxyl groups excluding tert-OH is 1. The number of aliphatic hydroxyl groups is 1. The first-order chi connectivity index (χ1) is 8.45. The second kappa shape index (κ2) is 6.18. The van der Waals surface area contributed by atoms with E-state index in [0.29, 0.717) is 0 Å². The molecule has 1 aromatic carbocycles. The number of alkyl halides is 1. The topological polar surface area (TPSA) is 113 Å². The van der Waals surface area contributed by atoms with Gasteiger partial charge in [-0.3, -0.25) is 10.1 Å². The first-order valence-corrected chi connectivity index (χ1v) is 5.48. The van der Waals surface area contributed by atoms with Crippen LogP contribution in [0, 0.1) is 10.1 Å². The van der Waals surface area contributed by atoms with E-state index >= 15 is 0 Å². The van der Waals surface area contributed by atoms with Crippen LogP contribution in [0.3, 0.4) is 0 Å². The summed E-state index contributed by atoms with van der Waals surface area (Å²) < 4.78 is 0. The molecule has 0 saturated heterocycles. The molecule has 0 aliphatic heterocycles. The van der Waals surface area contributed by atoms with Crippen LogP contribution in [-0.4, -0.2) is 39.6 Å². The lowest BCUT2D eigenvalue weighted by atomic mass is 10.1. The Morgan fingerprint density at radius 2 is 2.22 bits per heavy atom. The van der Waals surface area contributed by atoms with Gasteiger partial charge in [-0.1, -0.05) is 0 Å². The Labute approximate surface area is 107 Å². The molecule has 1 rings (SSSR count). The Balaban J connectivity index is 3.00. The molecule has 1 aromatic rings. The summed E-state index contributed by atoms with van der Waals surface area (Å²) in [5.74, 6) is -1.24. The maximum absolute atomic E-state index is 10.9. The monoisotopic (exact) mass is 274 g/mol. The molecule has 0 aliphatic carbocycles. The van der Waals surface area contributed by atoms with Gasteiger partial charge in [0.1, 0.15) is 0 Å². The largest absolute Gasteiger partial charge is 0.478 e. The lowest BCUT2D eigenvalue weighted by molar-refractivity contribution is -0.384. The third kappa shape index (κ3) is 3.57. The first kappa shape index (κ1) is 14.2. The van der Waals surface area contributed by atoms with Gasteiger partial charge < -0.3 is 15.5 Å². The van der Waals surface area contributed by atoms with Gasteiger partial charge in [-0.15, -0.1) is 11.6 Å². The predicted molar refractivity (Wildman–Crippen MR) is 65.3 cm³/mol. The third-order valence-electron chi connectivity index (χ3n) is 2.15. The third-order valence-corrected chi connectivity index (χ3v) is 2.51. The number of nitrogens with one attached hydrogen (secondary N) is 1. The molecule has 0 aromatic heterocycles. The van der Waals surface area contributed by atoms with E-state index in [4.69, 9.17) is 16.7 Å². The molecule has 1 unspecified atom stereocenters. The number of nitro groups is 1. The van der Waals surface area contributed by atoms with E-state index in [-0.39, 0.29) is 29.4 Å². The van der Waals surface area contributed by atoms with Gasteiger partial charge in [-0.25, -0.2) is 4.79 Å². The Bertz CT molecular complexity index is 466. The summed E-state index contributed by atoms with van der Waals surface area (Å²) in [6.07, 6.45) is -0.868. The van der Waals surface area contributed by atoms with Gasteiger partial charge in [0.25, 0.3) is 5.69 Å². The summed E-state index contributed by atoms with van der Waals surface area (Å²) >= 11 is 5.39. The predicted octanol–water partition coefficient (Wildman–Crippen LogP) is 1.30. The highest BCUT2D eigenvalue weighted by Gasteiger charge is 2.15. The number of aromatic carboxylic acids is 1. The minimum absolute atomic E-state index is 0.00491. The van der Waals surface area contributed by atoms with E-state index < -0.39 is 17.0 Å². The van der Waals surface area contributed by atoms with Gasteiger partial charge in [0.15, 0.2) is 0 Å². The van der Waals surface area contributed by atoms with E-state index in [2.05, 4.69) is 5.32 Å². The van der Waals surface area contributed by atoms with Gasteiger partial charge in [-0.05, 0) is 6.07 Å². The van der Waals surface area contributed by atoms with Crippen molar-refractivity contribution in [3.05, 3.63) is 33.9 Å². The van der Waals surface area contributed by atoms with Crippen LogP contribution < -0.4 is 5.32 Å². The van der Waals surface area contributed by atoms with Crippen LogP contribution in [0.15, 0.2) is 18.2 Å². The molecule has 1 atom stereocenters. The number of nitro benzene ring substituents is 1. The van der Waals surface area contributed by atoms with E-state index in [0.717, 1.165) is 18.2 Å². The molecule has 0 radical (unpaired) electrons. The lowest BCUT2D eigenvalue weighted by Crippen LogP contribution is -2.21. The highest BCUT2D eigenvalue weighted by molar-refractivity contribution is 6.18. The summed E-state index contributed by atoms with van der Waals surface area (Å²) in [5, 5.41) is 31.4. The first-order valence-electron chi connectivity index (χ1n) is 4.95. The normalized spacial score (nSPS) is 11.9. The lowest BCUT2D eigenvalue weighted by Gasteiger charge is -2.12. The van der Waals surface area contributed by atoms with Crippen LogP contribution in [0.2, 0.25) is 0 Å². The fourth-order valence-corrected chi connectivity index (χ4v) is 1.37. The average molecular weight is 275 g/mol. The molecule has 0 bridgehead atoms. The smallest absolute Gasteiger partial charge is 0.337 e. The zero-order valence-corrected chi connectivity index (χ0v) is 9.92. The quantitative estimate of drug-likeness (QED) is 0.409. The van der Waals surface area contributed by atoms with E-state index in [1.807, 2.05) is 0 Å². The number of carboxylic acids is 1. The highest BCUT2D eigenvalue weighted by atomic mass is 35.5. The fraction of sp³-hybridized carbons (Fsp3) is 0.300. The fourth-order valence-electron chi connectivity index (χ4n) is 1.26. The average Bonchev–Trinajstić information content (AvgIpc) is 2.35. The molecule has 98 valence electrons. The number of carbonyl (C=O) groups is 1. The molecule has 0 saturated carbocycles. The van der Waals surface area contributed by atoms with Gasteiger partial charge in [0.2, 0.25) is 0 Å². The number of benzene rings is 1. The van der Waals surface area contributed by atoms with Crippen molar-refractivity contribution in [1.82, 2.24) is 0 Å². The molecule has 0 heterocycles. The van der Waals surface area contributed by atoms with Crippen LogP contribution in [0.5, 0.6) is 0 Å². The second-order valence-corrected chi connectivity index (χ2v) is 3.79. The molecule has 0 aliphatic rings. The van der Waals surface area contributed by atoms with E-state index in [9.17, 15) is 20.0 Å². The van der Waals surface area contributed by atoms with Crippen molar-refractivity contribution < 1.29 is 19.9 Å². The zero-order valence-electron chi connectivity index (χ0n) is 9.17. The van der Waals surface area contributed by atoms with Gasteiger partial charge in [0, 0.05) is 18.7 Å². The number of hydrogen-bond acceptors (Lipinski definition) is 5. The Morgan fingerprint density at radius 3 is 2.72 bits per heavy atom. The number of carboxylic acid groups (broad SMARTS) is 1. The van der Waals surface area contributed by atoms with Crippen LogP contribution in [0.25, 0.3) is 0 Å². The van der Waals surface area contributed by atoms with Crippen molar-refractivity contribution in [2.24, 2.45) is 0 Å². The summed E-state index contributed by atoms with van der Waals surface area (Å²) in [7, 11) is 0. The van der Waals surface area contributed by atoms with Crippen LogP contribution in [0.1, 0.15) is 10.4 Å². The van der Waals surface area contributed by atoms with Crippen LogP contribution in [0.4, 0.5) is 11.4 Å². The Kier molecular flexibility index (Phi) is 4.87.